The number of aromatic nitrogens is 2. The number of amides is 2. The van der Waals surface area contributed by atoms with Crippen molar-refractivity contribution in [3.63, 3.8) is 0 Å². The van der Waals surface area contributed by atoms with Crippen LogP contribution < -0.4 is 10.1 Å². The Balaban J connectivity index is 1.34. The fraction of sp³-hybridized carbons (Fsp3) is 0.304. The monoisotopic (exact) mass is 420 g/mol. The van der Waals surface area contributed by atoms with Crippen LogP contribution in [-0.4, -0.2) is 40.0 Å². The molecule has 0 bridgehead atoms. The van der Waals surface area contributed by atoms with Crippen LogP contribution in [0.15, 0.2) is 59.1 Å². The van der Waals surface area contributed by atoms with Crippen LogP contribution in [0.2, 0.25) is 0 Å². The van der Waals surface area contributed by atoms with Crippen molar-refractivity contribution >= 4 is 11.8 Å². The molecule has 3 aromatic rings. The molecule has 8 heteroatoms. The third-order valence-corrected chi connectivity index (χ3v) is 5.11. The standard InChI is InChI=1S/C23H24N4O4/c1-2-30-19-11-7-6-10-18(19)23(29)24-13-20-25-22(26-31-20)17-12-21(28)27(15-17)14-16-8-4-3-5-9-16/h3-11,17H,2,12-15H2,1H3,(H,24,29)/t17-/m1/s1. The summed E-state index contributed by atoms with van der Waals surface area (Å²) in [6, 6.07) is 16.9. The van der Waals surface area contributed by atoms with Gasteiger partial charge in [0.2, 0.25) is 11.8 Å². The normalized spacial score (nSPS) is 15.8. The van der Waals surface area contributed by atoms with E-state index in [1.54, 1.807) is 18.2 Å². The lowest BCUT2D eigenvalue weighted by atomic mass is 10.1. The molecule has 0 unspecified atom stereocenters. The van der Waals surface area contributed by atoms with Crippen LogP contribution >= 0.6 is 0 Å². The molecule has 0 radical (unpaired) electrons. The van der Waals surface area contributed by atoms with Gasteiger partial charge in [0.05, 0.1) is 18.7 Å². The summed E-state index contributed by atoms with van der Waals surface area (Å²) in [6.45, 7) is 3.54. The molecular weight excluding hydrogens is 396 g/mol. The van der Waals surface area contributed by atoms with E-state index in [9.17, 15) is 9.59 Å². The number of nitrogens with one attached hydrogen (secondary N) is 1. The molecular formula is C23H24N4O4. The molecule has 0 saturated carbocycles. The molecule has 8 nitrogen and oxygen atoms in total. The highest BCUT2D eigenvalue weighted by molar-refractivity contribution is 5.96. The van der Waals surface area contributed by atoms with E-state index >= 15 is 0 Å². The van der Waals surface area contributed by atoms with E-state index in [1.165, 1.54) is 0 Å². The van der Waals surface area contributed by atoms with Gasteiger partial charge in [-0.05, 0) is 24.6 Å². The maximum absolute atomic E-state index is 12.5. The van der Waals surface area contributed by atoms with Crippen molar-refractivity contribution in [1.29, 1.82) is 0 Å². The molecule has 2 amide bonds. The number of carbonyl (C=O) groups is 2. The number of ether oxygens (including phenoxy) is 1. The van der Waals surface area contributed by atoms with Gasteiger partial charge in [-0.15, -0.1) is 0 Å². The predicted octanol–water partition coefficient (Wildman–Crippen LogP) is 2.91. The summed E-state index contributed by atoms with van der Waals surface area (Å²) in [4.78, 5) is 31.1. The first kappa shape index (κ1) is 20.6. The summed E-state index contributed by atoms with van der Waals surface area (Å²) in [5, 5.41) is 6.81. The van der Waals surface area contributed by atoms with E-state index < -0.39 is 0 Å². The van der Waals surface area contributed by atoms with Gasteiger partial charge in [0.15, 0.2) is 5.82 Å². The van der Waals surface area contributed by atoms with Gasteiger partial charge in [-0.1, -0.05) is 47.6 Å². The zero-order chi connectivity index (χ0) is 21.6. The van der Waals surface area contributed by atoms with Crippen molar-refractivity contribution in [2.45, 2.75) is 32.4 Å². The van der Waals surface area contributed by atoms with E-state index in [-0.39, 0.29) is 24.3 Å². The minimum absolute atomic E-state index is 0.0704. The first-order valence-electron chi connectivity index (χ1n) is 10.3. The lowest BCUT2D eigenvalue weighted by Gasteiger charge is -2.15. The molecule has 160 valence electrons. The fourth-order valence-electron chi connectivity index (χ4n) is 3.59. The summed E-state index contributed by atoms with van der Waals surface area (Å²) < 4.78 is 10.8. The van der Waals surface area contributed by atoms with Gasteiger partial charge in [0.1, 0.15) is 5.75 Å². The molecule has 1 atom stereocenters. The highest BCUT2D eigenvalue weighted by Gasteiger charge is 2.33. The summed E-state index contributed by atoms with van der Waals surface area (Å²) in [5.74, 6) is 0.976. The number of likely N-dealkylation sites (tertiary alicyclic amines) is 1. The Morgan fingerprint density at radius 2 is 1.97 bits per heavy atom. The quantitative estimate of drug-likeness (QED) is 0.602. The minimum Gasteiger partial charge on any atom is -0.493 e. The zero-order valence-electron chi connectivity index (χ0n) is 17.3. The van der Waals surface area contributed by atoms with Gasteiger partial charge < -0.3 is 19.5 Å². The Morgan fingerprint density at radius 1 is 1.19 bits per heavy atom. The second kappa shape index (κ2) is 9.42. The minimum atomic E-state index is -0.283. The van der Waals surface area contributed by atoms with Gasteiger partial charge in [-0.25, -0.2) is 0 Å². The summed E-state index contributed by atoms with van der Waals surface area (Å²) in [7, 11) is 0. The van der Waals surface area contributed by atoms with E-state index in [0.717, 1.165) is 5.56 Å². The Kier molecular flexibility index (Phi) is 6.26. The molecule has 1 aromatic heterocycles. The third-order valence-electron chi connectivity index (χ3n) is 5.11. The van der Waals surface area contributed by atoms with Crippen molar-refractivity contribution in [2.24, 2.45) is 0 Å². The Bertz CT molecular complexity index is 1050. The van der Waals surface area contributed by atoms with Crippen LogP contribution in [0.4, 0.5) is 0 Å². The first-order chi connectivity index (χ1) is 15.1. The van der Waals surface area contributed by atoms with Gasteiger partial charge in [0.25, 0.3) is 5.91 Å². The van der Waals surface area contributed by atoms with Crippen LogP contribution in [0.25, 0.3) is 0 Å². The van der Waals surface area contributed by atoms with Crippen LogP contribution in [0.5, 0.6) is 5.75 Å². The molecule has 1 fully saturated rings. The molecule has 2 heterocycles. The fourth-order valence-corrected chi connectivity index (χ4v) is 3.59. The predicted molar refractivity (Wildman–Crippen MR) is 112 cm³/mol. The molecule has 31 heavy (non-hydrogen) atoms. The second-order valence-corrected chi connectivity index (χ2v) is 7.32. The number of rotatable bonds is 8. The lowest BCUT2D eigenvalue weighted by Crippen LogP contribution is -2.24. The Morgan fingerprint density at radius 3 is 2.77 bits per heavy atom. The summed E-state index contributed by atoms with van der Waals surface area (Å²) in [6.07, 6.45) is 0.347. The molecule has 4 rings (SSSR count). The summed E-state index contributed by atoms with van der Waals surface area (Å²) >= 11 is 0. The third kappa shape index (κ3) is 4.91. The molecule has 1 N–H and O–H groups in total. The second-order valence-electron chi connectivity index (χ2n) is 7.32. The number of nitrogens with zero attached hydrogens (tertiary/aromatic N) is 3. The number of hydrogen-bond donors (Lipinski definition) is 1. The van der Waals surface area contributed by atoms with Gasteiger partial charge in [-0.2, -0.15) is 4.98 Å². The maximum Gasteiger partial charge on any atom is 0.255 e. The largest absolute Gasteiger partial charge is 0.493 e. The average molecular weight is 420 g/mol. The number of carbonyl (C=O) groups excluding carboxylic acids is 2. The van der Waals surface area contributed by atoms with Gasteiger partial charge >= 0.3 is 0 Å². The van der Waals surface area contributed by atoms with Crippen molar-refractivity contribution in [2.75, 3.05) is 13.2 Å². The Hall–Kier alpha value is -3.68. The number of hydrogen-bond acceptors (Lipinski definition) is 6. The van der Waals surface area contributed by atoms with Gasteiger partial charge in [0, 0.05) is 25.4 Å². The zero-order valence-corrected chi connectivity index (χ0v) is 17.3. The molecule has 0 aliphatic carbocycles. The highest BCUT2D eigenvalue weighted by Crippen LogP contribution is 2.27. The van der Waals surface area contributed by atoms with E-state index in [1.807, 2.05) is 48.2 Å². The topological polar surface area (TPSA) is 97.6 Å². The summed E-state index contributed by atoms with van der Waals surface area (Å²) in [5.41, 5.74) is 1.53. The van der Waals surface area contributed by atoms with Crippen molar-refractivity contribution < 1.29 is 18.8 Å². The van der Waals surface area contributed by atoms with E-state index in [2.05, 4.69) is 15.5 Å². The van der Waals surface area contributed by atoms with Crippen molar-refractivity contribution in [1.82, 2.24) is 20.4 Å². The van der Waals surface area contributed by atoms with Crippen molar-refractivity contribution in [3.8, 4) is 5.75 Å². The number of para-hydroxylation sites is 1. The molecule has 2 aromatic carbocycles. The van der Waals surface area contributed by atoms with Crippen LogP contribution in [-0.2, 0) is 17.9 Å². The molecule has 1 saturated heterocycles. The molecule has 0 spiro atoms. The Labute approximate surface area is 180 Å². The van der Waals surface area contributed by atoms with Crippen LogP contribution in [0, 0.1) is 0 Å². The van der Waals surface area contributed by atoms with E-state index in [0.29, 0.717) is 49.1 Å². The average Bonchev–Trinajstić information content (AvgIpc) is 3.40. The van der Waals surface area contributed by atoms with Crippen LogP contribution in [0.3, 0.4) is 0 Å². The van der Waals surface area contributed by atoms with Gasteiger partial charge in [-0.3, -0.25) is 9.59 Å². The first-order valence-corrected chi connectivity index (χ1v) is 10.3. The SMILES string of the molecule is CCOc1ccccc1C(=O)NCc1nc([C@@H]2CC(=O)N(Cc3ccccc3)C2)no1. The highest BCUT2D eigenvalue weighted by atomic mass is 16.5. The van der Waals surface area contributed by atoms with E-state index in [4.69, 9.17) is 9.26 Å². The lowest BCUT2D eigenvalue weighted by molar-refractivity contribution is -0.128. The van der Waals surface area contributed by atoms with Crippen LogP contribution in [0.1, 0.15) is 46.9 Å². The smallest absolute Gasteiger partial charge is 0.255 e. The molecule has 1 aliphatic rings. The molecule has 1 aliphatic heterocycles. The van der Waals surface area contributed by atoms with Crippen molar-refractivity contribution in [3.05, 3.63) is 77.4 Å². The number of benzene rings is 2. The maximum atomic E-state index is 12.5.